The number of fused-ring (bicyclic) bond motifs is 5. The van der Waals surface area contributed by atoms with Gasteiger partial charge in [-0.05, 0) is 92.3 Å². The molecule has 1 aromatic heterocycles. The van der Waals surface area contributed by atoms with Crippen LogP contribution in [0.4, 0.5) is 11.4 Å². The van der Waals surface area contributed by atoms with Crippen LogP contribution in [0.3, 0.4) is 0 Å². The van der Waals surface area contributed by atoms with Crippen LogP contribution in [0.2, 0.25) is 0 Å². The molecule has 0 saturated heterocycles. The van der Waals surface area contributed by atoms with Gasteiger partial charge in [-0.3, -0.25) is 0 Å². The Balaban J connectivity index is 1.07. The maximum atomic E-state index is 6.06. The van der Waals surface area contributed by atoms with Gasteiger partial charge >= 0.3 is 0 Å². The Kier molecular flexibility index (Phi) is 5.17. The summed E-state index contributed by atoms with van der Waals surface area (Å²) in [5.41, 5.74) is 8.72. The van der Waals surface area contributed by atoms with Gasteiger partial charge in [0.1, 0.15) is 11.2 Å². The van der Waals surface area contributed by atoms with Gasteiger partial charge in [0.05, 0.1) is 0 Å². The zero-order chi connectivity index (χ0) is 26.5. The van der Waals surface area contributed by atoms with Gasteiger partial charge in [0.15, 0.2) is 0 Å². The third-order valence-electron chi connectivity index (χ3n) is 7.81. The van der Waals surface area contributed by atoms with Crippen LogP contribution in [-0.4, -0.2) is 0 Å². The van der Waals surface area contributed by atoms with Crippen LogP contribution in [0.1, 0.15) is 0 Å². The van der Waals surface area contributed by atoms with Crippen molar-refractivity contribution in [3.05, 3.63) is 146 Å². The zero-order valence-corrected chi connectivity index (χ0v) is 21.8. The lowest BCUT2D eigenvalue weighted by Gasteiger charge is -2.10. The predicted molar refractivity (Wildman–Crippen MR) is 169 cm³/mol. The first-order valence-electron chi connectivity index (χ1n) is 13.6. The number of benzene rings is 7. The number of rotatable bonds is 4. The number of hydrogen-bond donors (Lipinski definition) is 1. The number of hydrogen-bond acceptors (Lipinski definition) is 2. The van der Waals surface area contributed by atoms with Gasteiger partial charge in [0, 0.05) is 28.2 Å². The molecule has 8 aromatic rings. The second-order valence-corrected chi connectivity index (χ2v) is 10.4. The summed E-state index contributed by atoms with van der Waals surface area (Å²) in [6.07, 6.45) is 0. The van der Waals surface area contributed by atoms with Crippen molar-refractivity contribution in [2.24, 2.45) is 0 Å². The van der Waals surface area contributed by atoms with Crippen LogP contribution in [0.5, 0.6) is 0 Å². The fourth-order valence-electron chi connectivity index (χ4n) is 5.69. The lowest BCUT2D eigenvalue weighted by molar-refractivity contribution is 0.669. The maximum absolute atomic E-state index is 6.06. The summed E-state index contributed by atoms with van der Waals surface area (Å²) in [6, 6.07) is 51.7. The zero-order valence-electron chi connectivity index (χ0n) is 21.8. The van der Waals surface area contributed by atoms with Crippen LogP contribution >= 0.6 is 0 Å². The van der Waals surface area contributed by atoms with E-state index in [1.54, 1.807) is 0 Å². The molecule has 2 heteroatoms. The van der Waals surface area contributed by atoms with E-state index >= 15 is 0 Å². The number of anilines is 2. The van der Waals surface area contributed by atoms with Gasteiger partial charge in [-0.25, -0.2) is 0 Å². The monoisotopic (exact) mass is 511 g/mol. The number of furan rings is 1. The van der Waals surface area contributed by atoms with Crippen molar-refractivity contribution in [3.63, 3.8) is 0 Å². The van der Waals surface area contributed by atoms with E-state index < -0.39 is 0 Å². The van der Waals surface area contributed by atoms with Crippen LogP contribution in [0.15, 0.2) is 150 Å². The Morgan fingerprint density at radius 3 is 1.68 bits per heavy atom. The molecule has 1 N–H and O–H groups in total. The second-order valence-electron chi connectivity index (χ2n) is 10.4. The largest absolute Gasteiger partial charge is 0.456 e. The van der Waals surface area contributed by atoms with Crippen LogP contribution in [-0.2, 0) is 0 Å². The van der Waals surface area contributed by atoms with E-state index in [9.17, 15) is 0 Å². The molecule has 8 rings (SSSR count). The molecule has 0 unspecified atom stereocenters. The minimum Gasteiger partial charge on any atom is -0.456 e. The fourth-order valence-corrected chi connectivity index (χ4v) is 5.69. The molecule has 7 aromatic carbocycles. The molecule has 0 fully saturated rings. The molecular formula is C38H25NO. The standard InChI is InChI=1S/C38H25NO/c1-2-6-28-21-30(13-9-25(28)5-1)31-14-11-27-10-12-29(22-32(27)23-31)26-15-17-33(18-16-26)39-34-19-20-36-35-7-3-4-8-37(35)40-38(36)24-34/h1-24,39H. The highest BCUT2D eigenvalue weighted by Gasteiger charge is 2.08. The Morgan fingerprint density at radius 2 is 0.900 bits per heavy atom. The maximum Gasteiger partial charge on any atom is 0.137 e. The minimum atomic E-state index is 0.891. The smallest absolute Gasteiger partial charge is 0.137 e. The summed E-state index contributed by atoms with van der Waals surface area (Å²) < 4.78 is 6.06. The molecule has 0 aliphatic carbocycles. The van der Waals surface area contributed by atoms with Crippen molar-refractivity contribution >= 4 is 54.9 Å². The molecular weight excluding hydrogens is 486 g/mol. The highest BCUT2D eigenvalue weighted by molar-refractivity contribution is 6.05. The SMILES string of the molecule is c1ccc2cc(-c3ccc4ccc(-c5ccc(Nc6ccc7c(c6)oc6ccccc67)cc5)cc4c3)ccc2c1. The highest BCUT2D eigenvalue weighted by Crippen LogP contribution is 2.33. The first-order valence-corrected chi connectivity index (χ1v) is 13.6. The molecule has 0 saturated carbocycles. The van der Waals surface area contributed by atoms with E-state index in [4.69, 9.17) is 4.42 Å². The van der Waals surface area contributed by atoms with E-state index in [0.717, 1.165) is 33.3 Å². The third-order valence-corrected chi connectivity index (χ3v) is 7.81. The molecule has 40 heavy (non-hydrogen) atoms. The molecule has 0 bridgehead atoms. The summed E-state index contributed by atoms with van der Waals surface area (Å²) in [5.74, 6) is 0. The van der Waals surface area contributed by atoms with Crippen LogP contribution < -0.4 is 5.32 Å². The normalized spacial score (nSPS) is 11.5. The van der Waals surface area contributed by atoms with Crippen molar-refractivity contribution in [1.29, 1.82) is 0 Å². The van der Waals surface area contributed by atoms with Crippen LogP contribution in [0.25, 0.3) is 65.7 Å². The van der Waals surface area contributed by atoms with Gasteiger partial charge < -0.3 is 9.73 Å². The van der Waals surface area contributed by atoms with E-state index in [1.165, 1.54) is 43.8 Å². The van der Waals surface area contributed by atoms with Gasteiger partial charge in [-0.2, -0.15) is 0 Å². The van der Waals surface area contributed by atoms with Crippen molar-refractivity contribution in [3.8, 4) is 22.3 Å². The quantitative estimate of drug-likeness (QED) is 0.254. The third kappa shape index (κ3) is 3.98. The molecule has 0 aliphatic rings. The van der Waals surface area contributed by atoms with Crippen LogP contribution in [0, 0.1) is 0 Å². The van der Waals surface area contributed by atoms with Gasteiger partial charge in [0.2, 0.25) is 0 Å². The van der Waals surface area contributed by atoms with Crippen molar-refractivity contribution in [2.45, 2.75) is 0 Å². The molecule has 0 atom stereocenters. The second kappa shape index (κ2) is 9.14. The lowest BCUT2D eigenvalue weighted by atomic mass is 9.96. The highest BCUT2D eigenvalue weighted by atomic mass is 16.3. The predicted octanol–water partition coefficient (Wildman–Crippen LogP) is 11.0. The Hall–Kier alpha value is -5.34. The molecule has 0 aliphatic heterocycles. The lowest BCUT2D eigenvalue weighted by Crippen LogP contribution is -1.90. The molecule has 0 spiro atoms. The van der Waals surface area contributed by atoms with Gasteiger partial charge in [0.25, 0.3) is 0 Å². The van der Waals surface area contributed by atoms with Gasteiger partial charge in [-0.1, -0.05) is 91.0 Å². The van der Waals surface area contributed by atoms with E-state index in [1.807, 2.05) is 18.2 Å². The van der Waals surface area contributed by atoms with E-state index in [2.05, 4.69) is 133 Å². The van der Waals surface area contributed by atoms with E-state index in [0.29, 0.717) is 0 Å². The summed E-state index contributed by atoms with van der Waals surface area (Å²) in [6.45, 7) is 0. The summed E-state index contributed by atoms with van der Waals surface area (Å²) in [4.78, 5) is 0. The molecule has 0 amide bonds. The van der Waals surface area contributed by atoms with E-state index in [-0.39, 0.29) is 0 Å². The molecule has 2 nitrogen and oxygen atoms in total. The van der Waals surface area contributed by atoms with Crippen molar-refractivity contribution < 1.29 is 4.42 Å². The first-order chi connectivity index (χ1) is 19.8. The van der Waals surface area contributed by atoms with Gasteiger partial charge in [-0.15, -0.1) is 0 Å². The Labute approximate surface area is 232 Å². The Bertz CT molecular complexity index is 2190. The Morgan fingerprint density at radius 1 is 0.350 bits per heavy atom. The topological polar surface area (TPSA) is 25.2 Å². The number of nitrogens with one attached hydrogen (secondary N) is 1. The van der Waals surface area contributed by atoms with Crippen molar-refractivity contribution in [1.82, 2.24) is 0 Å². The summed E-state index contributed by atoms with van der Waals surface area (Å²) in [5, 5.41) is 10.8. The fraction of sp³-hybridized carbons (Fsp3) is 0. The summed E-state index contributed by atoms with van der Waals surface area (Å²) in [7, 11) is 0. The number of para-hydroxylation sites is 1. The minimum absolute atomic E-state index is 0.891. The molecule has 188 valence electrons. The average Bonchev–Trinajstić information content (AvgIpc) is 3.38. The van der Waals surface area contributed by atoms with Crippen molar-refractivity contribution in [2.75, 3.05) is 5.32 Å². The average molecular weight is 512 g/mol. The molecule has 0 radical (unpaired) electrons. The summed E-state index contributed by atoms with van der Waals surface area (Å²) >= 11 is 0. The molecule has 1 heterocycles. The first kappa shape index (κ1) is 22.6.